The minimum Gasteiger partial charge on any atom is -0.382 e. The van der Waals surface area contributed by atoms with Crippen molar-refractivity contribution in [2.45, 2.75) is 6.92 Å². The van der Waals surface area contributed by atoms with Crippen molar-refractivity contribution in [2.75, 3.05) is 49.1 Å². The Hall–Kier alpha value is -2.89. The van der Waals surface area contributed by atoms with Gasteiger partial charge in [-0.15, -0.1) is 0 Å². The fraction of sp³-hybridized carbons (Fsp3) is 0.350. The maximum absolute atomic E-state index is 14.3. The molecule has 0 radical (unpaired) electrons. The second kappa shape index (κ2) is 9.94. The number of anilines is 2. The SMILES string of the molecule is C=C/C(=N\c1c(C)ncnc1N)c1cc(F)cc(NS(=O)(=O)CCN2CCOCC2)c1. The van der Waals surface area contributed by atoms with Gasteiger partial charge < -0.3 is 10.5 Å². The first-order valence-corrected chi connectivity index (χ1v) is 11.3. The monoisotopic (exact) mass is 448 g/mol. The van der Waals surface area contributed by atoms with Gasteiger partial charge in [-0.2, -0.15) is 0 Å². The summed E-state index contributed by atoms with van der Waals surface area (Å²) in [6.07, 6.45) is 2.75. The van der Waals surface area contributed by atoms with Crippen LogP contribution in [0.25, 0.3) is 0 Å². The van der Waals surface area contributed by atoms with Gasteiger partial charge in [0.05, 0.1) is 36.1 Å². The Labute approximate surface area is 180 Å². The van der Waals surface area contributed by atoms with Gasteiger partial charge in [0, 0.05) is 25.2 Å². The van der Waals surface area contributed by atoms with E-state index in [1.165, 1.54) is 24.5 Å². The molecule has 1 aromatic heterocycles. The van der Waals surface area contributed by atoms with E-state index in [9.17, 15) is 12.8 Å². The van der Waals surface area contributed by atoms with Crippen LogP contribution < -0.4 is 10.5 Å². The van der Waals surface area contributed by atoms with E-state index in [1.54, 1.807) is 6.92 Å². The molecule has 0 unspecified atom stereocenters. The lowest BCUT2D eigenvalue weighted by Crippen LogP contribution is -2.39. The van der Waals surface area contributed by atoms with Gasteiger partial charge in [-0.05, 0) is 31.2 Å². The minimum atomic E-state index is -3.68. The molecule has 1 aromatic carbocycles. The smallest absolute Gasteiger partial charge is 0.233 e. The van der Waals surface area contributed by atoms with E-state index in [2.05, 4.69) is 26.3 Å². The maximum atomic E-state index is 14.3. The number of nitrogens with two attached hydrogens (primary N) is 1. The van der Waals surface area contributed by atoms with E-state index >= 15 is 0 Å². The predicted octanol–water partition coefficient (Wildman–Crippen LogP) is 1.89. The maximum Gasteiger partial charge on any atom is 0.233 e. The van der Waals surface area contributed by atoms with Crippen molar-refractivity contribution in [3.63, 3.8) is 0 Å². The molecule has 1 aliphatic rings. The predicted molar refractivity (Wildman–Crippen MR) is 119 cm³/mol. The molecule has 1 aliphatic heterocycles. The Bertz CT molecular complexity index is 1060. The summed E-state index contributed by atoms with van der Waals surface area (Å²) in [5.41, 5.74) is 7.50. The largest absolute Gasteiger partial charge is 0.382 e. The molecule has 1 saturated heterocycles. The standard InChI is InChI=1S/C20H25FN6O3S/c1-3-18(25-19-14(2)23-13-24-20(19)22)15-10-16(21)12-17(11-15)26-31(28,29)9-6-27-4-7-30-8-5-27/h3,10-13,26H,1,4-9H2,2H3,(H2,22,23,24)/b25-18+. The van der Waals surface area contributed by atoms with E-state index in [0.717, 1.165) is 6.07 Å². The van der Waals surface area contributed by atoms with Crippen molar-refractivity contribution >= 4 is 32.9 Å². The number of sulfonamides is 1. The summed E-state index contributed by atoms with van der Waals surface area (Å²) in [7, 11) is -3.68. The summed E-state index contributed by atoms with van der Waals surface area (Å²) in [4.78, 5) is 14.4. The number of rotatable bonds is 8. The zero-order valence-corrected chi connectivity index (χ0v) is 18.0. The van der Waals surface area contributed by atoms with Crippen LogP contribution in [-0.4, -0.2) is 67.6 Å². The second-order valence-electron chi connectivity index (χ2n) is 7.00. The van der Waals surface area contributed by atoms with Gasteiger partial charge in [0.2, 0.25) is 10.0 Å². The van der Waals surface area contributed by atoms with Crippen LogP contribution in [-0.2, 0) is 14.8 Å². The van der Waals surface area contributed by atoms with Crippen molar-refractivity contribution in [1.82, 2.24) is 14.9 Å². The van der Waals surface area contributed by atoms with E-state index in [1.807, 2.05) is 4.90 Å². The number of halogens is 1. The van der Waals surface area contributed by atoms with Gasteiger partial charge in [0.25, 0.3) is 0 Å². The van der Waals surface area contributed by atoms with Gasteiger partial charge in [0.1, 0.15) is 17.8 Å². The number of nitrogens with one attached hydrogen (secondary N) is 1. The molecule has 11 heteroatoms. The fourth-order valence-corrected chi connectivity index (χ4v) is 4.15. The number of aliphatic imine (C=N–C) groups is 1. The number of benzene rings is 1. The molecule has 1 fully saturated rings. The third-order valence-electron chi connectivity index (χ3n) is 4.71. The molecule has 3 N–H and O–H groups in total. The number of allylic oxidation sites excluding steroid dienone is 1. The molecule has 31 heavy (non-hydrogen) atoms. The topological polar surface area (TPSA) is 123 Å². The molecule has 9 nitrogen and oxygen atoms in total. The van der Waals surface area contributed by atoms with Crippen LogP contribution in [0.15, 0.2) is 42.2 Å². The van der Waals surface area contributed by atoms with E-state index in [-0.39, 0.29) is 17.3 Å². The zero-order chi connectivity index (χ0) is 22.4. The Morgan fingerprint density at radius 1 is 1.35 bits per heavy atom. The highest BCUT2D eigenvalue weighted by molar-refractivity contribution is 7.92. The molecule has 0 spiro atoms. The molecule has 0 bridgehead atoms. The molecule has 0 amide bonds. The van der Waals surface area contributed by atoms with Crippen LogP contribution in [0.5, 0.6) is 0 Å². The Morgan fingerprint density at radius 2 is 2.10 bits per heavy atom. The Morgan fingerprint density at radius 3 is 2.77 bits per heavy atom. The summed E-state index contributed by atoms with van der Waals surface area (Å²) in [6, 6.07) is 3.84. The lowest BCUT2D eigenvalue weighted by Gasteiger charge is -2.26. The molecule has 3 rings (SSSR count). The van der Waals surface area contributed by atoms with Gasteiger partial charge in [0.15, 0.2) is 5.82 Å². The molecule has 2 heterocycles. The van der Waals surface area contributed by atoms with Gasteiger partial charge >= 0.3 is 0 Å². The quantitative estimate of drug-likeness (QED) is 0.591. The normalized spacial score (nSPS) is 15.6. The molecular weight excluding hydrogens is 423 g/mol. The van der Waals surface area contributed by atoms with E-state index < -0.39 is 15.8 Å². The lowest BCUT2D eigenvalue weighted by molar-refractivity contribution is 0.0408. The fourth-order valence-electron chi connectivity index (χ4n) is 3.07. The highest BCUT2D eigenvalue weighted by Gasteiger charge is 2.17. The summed E-state index contributed by atoms with van der Waals surface area (Å²) >= 11 is 0. The van der Waals surface area contributed by atoms with Crippen molar-refractivity contribution in [3.05, 3.63) is 54.3 Å². The Kier molecular flexibility index (Phi) is 7.31. The van der Waals surface area contributed by atoms with Crippen LogP contribution in [0, 0.1) is 12.7 Å². The van der Waals surface area contributed by atoms with Crippen molar-refractivity contribution in [1.29, 1.82) is 0 Å². The summed E-state index contributed by atoms with van der Waals surface area (Å²) in [5.74, 6) is -0.558. The van der Waals surface area contributed by atoms with Crippen LogP contribution in [0.4, 0.5) is 21.6 Å². The molecule has 166 valence electrons. The van der Waals surface area contributed by atoms with Crippen molar-refractivity contribution in [3.8, 4) is 0 Å². The number of nitrogens with zero attached hydrogens (tertiary/aromatic N) is 4. The Balaban J connectivity index is 1.81. The number of ether oxygens (including phenoxy) is 1. The third kappa shape index (κ3) is 6.29. The number of hydrogen-bond donors (Lipinski definition) is 2. The van der Waals surface area contributed by atoms with Crippen LogP contribution in [0.2, 0.25) is 0 Å². The minimum absolute atomic E-state index is 0.0977. The van der Waals surface area contributed by atoms with Crippen molar-refractivity contribution in [2.24, 2.45) is 4.99 Å². The first kappa shape index (κ1) is 22.8. The van der Waals surface area contributed by atoms with E-state index in [0.29, 0.717) is 55.5 Å². The molecule has 0 atom stereocenters. The second-order valence-corrected chi connectivity index (χ2v) is 8.84. The number of nitrogen functional groups attached to an aromatic ring is 1. The molecular formula is C20H25FN6O3S. The molecule has 2 aromatic rings. The summed E-state index contributed by atoms with van der Waals surface area (Å²) < 4.78 is 47.0. The highest BCUT2D eigenvalue weighted by atomic mass is 32.2. The first-order chi connectivity index (χ1) is 14.8. The molecule has 0 saturated carbocycles. The summed E-state index contributed by atoms with van der Waals surface area (Å²) in [6.45, 7) is 8.34. The van der Waals surface area contributed by atoms with Gasteiger partial charge in [-0.3, -0.25) is 9.62 Å². The number of hydrogen-bond acceptors (Lipinski definition) is 8. The third-order valence-corrected chi connectivity index (χ3v) is 5.97. The average molecular weight is 449 g/mol. The number of morpholine rings is 1. The van der Waals surface area contributed by atoms with Crippen molar-refractivity contribution < 1.29 is 17.5 Å². The first-order valence-electron chi connectivity index (χ1n) is 9.67. The zero-order valence-electron chi connectivity index (χ0n) is 17.2. The van der Waals surface area contributed by atoms with E-state index in [4.69, 9.17) is 10.5 Å². The van der Waals surface area contributed by atoms with Crippen LogP contribution >= 0.6 is 0 Å². The highest BCUT2D eigenvalue weighted by Crippen LogP contribution is 2.25. The van der Waals surface area contributed by atoms with Crippen LogP contribution in [0.3, 0.4) is 0 Å². The molecule has 0 aliphatic carbocycles. The number of aromatic nitrogens is 2. The van der Waals surface area contributed by atoms with Gasteiger partial charge in [-0.25, -0.2) is 27.8 Å². The van der Waals surface area contributed by atoms with Crippen LogP contribution in [0.1, 0.15) is 11.3 Å². The lowest BCUT2D eigenvalue weighted by atomic mass is 10.1. The summed E-state index contributed by atoms with van der Waals surface area (Å²) in [5, 5.41) is 0. The number of aryl methyl sites for hydroxylation is 1. The van der Waals surface area contributed by atoms with Gasteiger partial charge in [-0.1, -0.05) is 6.58 Å². The average Bonchev–Trinajstić information content (AvgIpc) is 2.72.